The Morgan fingerprint density at radius 3 is 2.76 bits per heavy atom. The lowest BCUT2D eigenvalue weighted by Crippen LogP contribution is -2.11. The number of nitrogens with zero attached hydrogens (tertiary/aromatic N) is 3. The fourth-order valence-corrected chi connectivity index (χ4v) is 1.56. The molecule has 0 bridgehead atoms. The van der Waals surface area contributed by atoms with Crippen molar-refractivity contribution in [3.8, 4) is 0 Å². The molecule has 1 heterocycles. The van der Waals surface area contributed by atoms with Crippen LogP contribution in [0, 0.1) is 6.92 Å². The second kappa shape index (κ2) is 4.80. The highest BCUT2D eigenvalue weighted by Crippen LogP contribution is 2.10. The number of aromatic nitrogens is 3. The molecule has 0 amide bonds. The molecule has 0 saturated heterocycles. The van der Waals surface area contributed by atoms with E-state index in [1.165, 1.54) is 5.56 Å². The number of anilines is 1. The van der Waals surface area contributed by atoms with E-state index in [1.54, 1.807) is 4.57 Å². The standard InChI is InChI=1S/C12H15N5/c1-9-4-3-5-10(8-9)6-7-11-15-16-12(14-13)17(11)2/h3-8H,13H2,1-2H3,(H,14,16)/b7-6+. The predicted octanol–water partition coefficient (Wildman–Crippen LogP) is 1.58. The van der Waals surface area contributed by atoms with Crippen molar-refractivity contribution in [2.75, 3.05) is 5.43 Å². The lowest BCUT2D eigenvalue weighted by molar-refractivity contribution is 0.895. The van der Waals surface area contributed by atoms with Gasteiger partial charge in [-0.25, -0.2) is 5.84 Å². The normalized spacial score (nSPS) is 11.0. The highest BCUT2D eigenvalue weighted by molar-refractivity contribution is 5.67. The number of nitrogen functional groups attached to an aromatic ring is 1. The van der Waals surface area contributed by atoms with Crippen molar-refractivity contribution in [1.29, 1.82) is 0 Å². The van der Waals surface area contributed by atoms with E-state index in [1.807, 2.05) is 31.3 Å². The number of rotatable bonds is 3. The minimum Gasteiger partial charge on any atom is -0.296 e. The number of aryl methyl sites for hydroxylation is 1. The van der Waals surface area contributed by atoms with Crippen LogP contribution in [0.25, 0.3) is 12.2 Å². The fourth-order valence-electron chi connectivity index (χ4n) is 1.56. The fraction of sp³-hybridized carbons (Fsp3) is 0.167. The van der Waals surface area contributed by atoms with E-state index in [0.29, 0.717) is 5.95 Å². The molecule has 88 valence electrons. The molecule has 0 radical (unpaired) electrons. The molecule has 0 spiro atoms. The van der Waals surface area contributed by atoms with Crippen LogP contribution in [-0.2, 0) is 7.05 Å². The van der Waals surface area contributed by atoms with Gasteiger partial charge in [-0.2, -0.15) is 0 Å². The van der Waals surface area contributed by atoms with Gasteiger partial charge >= 0.3 is 0 Å². The molecule has 2 aromatic rings. The molecule has 1 aromatic heterocycles. The first-order valence-electron chi connectivity index (χ1n) is 5.31. The Hall–Kier alpha value is -2.14. The quantitative estimate of drug-likeness (QED) is 0.619. The Morgan fingerprint density at radius 1 is 1.29 bits per heavy atom. The van der Waals surface area contributed by atoms with Gasteiger partial charge in [0.25, 0.3) is 0 Å². The van der Waals surface area contributed by atoms with Gasteiger partial charge in [0, 0.05) is 7.05 Å². The molecule has 5 nitrogen and oxygen atoms in total. The monoisotopic (exact) mass is 229 g/mol. The third-order valence-electron chi connectivity index (χ3n) is 2.50. The van der Waals surface area contributed by atoms with E-state index in [-0.39, 0.29) is 0 Å². The zero-order valence-electron chi connectivity index (χ0n) is 9.88. The Labute approximate surface area is 99.9 Å². The van der Waals surface area contributed by atoms with Crippen LogP contribution in [0.4, 0.5) is 5.95 Å². The Balaban J connectivity index is 2.23. The van der Waals surface area contributed by atoms with Crippen molar-refractivity contribution in [3.05, 3.63) is 41.2 Å². The van der Waals surface area contributed by atoms with E-state index < -0.39 is 0 Å². The lowest BCUT2D eigenvalue weighted by Gasteiger charge is -1.99. The Bertz CT molecular complexity index is 542. The zero-order chi connectivity index (χ0) is 12.3. The van der Waals surface area contributed by atoms with Gasteiger partial charge in [-0.1, -0.05) is 35.9 Å². The van der Waals surface area contributed by atoms with Crippen molar-refractivity contribution >= 4 is 18.1 Å². The molecule has 5 heteroatoms. The first kappa shape index (κ1) is 11.3. The first-order valence-corrected chi connectivity index (χ1v) is 5.31. The van der Waals surface area contributed by atoms with Crippen LogP contribution in [0.15, 0.2) is 24.3 Å². The van der Waals surface area contributed by atoms with E-state index >= 15 is 0 Å². The largest absolute Gasteiger partial charge is 0.296 e. The van der Waals surface area contributed by atoms with Crippen molar-refractivity contribution in [1.82, 2.24) is 14.8 Å². The summed E-state index contributed by atoms with van der Waals surface area (Å²) < 4.78 is 1.78. The highest BCUT2D eigenvalue weighted by atomic mass is 15.4. The molecule has 0 atom stereocenters. The van der Waals surface area contributed by atoms with Crippen molar-refractivity contribution < 1.29 is 0 Å². The molecular weight excluding hydrogens is 214 g/mol. The molecule has 0 aliphatic rings. The van der Waals surface area contributed by atoms with Crippen LogP contribution in [0.2, 0.25) is 0 Å². The summed E-state index contributed by atoms with van der Waals surface area (Å²) in [5.74, 6) is 6.58. The SMILES string of the molecule is Cc1cccc(/C=C/c2nnc(NN)n2C)c1. The summed E-state index contributed by atoms with van der Waals surface area (Å²) in [4.78, 5) is 0. The van der Waals surface area contributed by atoms with Crippen LogP contribution in [0.3, 0.4) is 0 Å². The van der Waals surface area contributed by atoms with Gasteiger partial charge in [0.15, 0.2) is 5.82 Å². The van der Waals surface area contributed by atoms with Crippen LogP contribution in [-0.4, -0.2) is 14.8 Å². The summed E-state index contributed by atoms with van der Waals surface area (Å²) in [7, 11) is 1.85. The Morgan fingerprint density at radius 2 is 2.12 bits per heavy atom. The van der Waals surface area contributed by atoms with Gasteiger partial charge in [-0.05, 0) is 18.6 Å². The molecule has 0 aliphatic carbocycles. The third kappa shape index (κ3) is 2.51. The van der Waals surface area contributed by atoms with Crippen molar-refractivity contribution in [2.24, 2.45) is 12.9 Å². The van der Waals surface area contributed by atoms with E-state index in [4.69, 9.17) is 5.84 Å². The summed E-state index contributed by atoms with van der Waals surface area (Å²) in [5.41, 5.74) is 4.84. The highest BCUT2D eigenvalue weighted by Gasteiger charge is 2.02. The summed E-state index contributed by atoms with van der Waals surface area (Å²) in [6.07, 6.45) is 3.90. The maximum absolute atomic E-state index is 5.29. The number of nitrogens with two attached hydrogens (primary N) is 1. The first-order chi connectivity index (χ1) is 8.20. The molecular formula is C12H15N5. The summed E-state index contributed by atoms with van der Waals surface area (Å²) >= 11 is 0. The molecule has 0 saturated carbocycles. The summed E-state index contributed by atoms with van der Waals surface area (Å²) in [6, 6.07) is 8.24. The second-order valence-electron chi connectivity index (χ2n) is 3.83. The number of hydrogen-bond acceptors (Lipinski definition) is 4. The molecule has 0 aliphatic heterocycles. The topological polar surface area (TPSA) is 68.8 Å². The van der Waals surface area contributed by atoms with Crippen LogP contribution in [0.1, 0.15) is 17.0 Å². The Kier molecular flexibility index (Phi) is 3.20. The van der Waals surface area contributed by atoms with Gasteiger partial charge in [-0.3, -0.25) is 9.99 Å². The minimum absolute atomic E-state index is 0.536. The van der Waals surface area contributed by atoms with Crippen LogP contribution in [0.5, 0.6) is 0 Å². The average molecular weight is 229 g/mol. The van der Waals surface area contributed by atoms with Gasteiger partial charge < -0.3 is 0 Å². The number of benzene rings is 1. The van der Waals surface area contributed by atoms with Crippen molar-refractivity contribution in [2.45, 2.75) is 6.92 Å². The number of nitrogens with one attached hydrogen (secondary N) is 1. The number of hydrazine groups is 1. The van der Waals surface area contributed by atoms with Crippen LogP contribution >= 0.6 is 0 Å². The molecule has 3 N–H and O–H groups in total. The van der Waals surface area contributed by atoms with E-state index in [2.05, 4.69) is 34.7 Å². The molecule has 1 aromatic carbocycles. The number of hydrogen-bond donors (Lipinski definition) is 2. The molecule has 2 rings (SSSR count). The summed E-state index contributed by atoms with van der Waals surface area (Å²) in [5, 5.41) is 7.90. The van der Waals surface area contributed by atoms with Gasteiger partial charge in [0.05, 0.1) is 0 Å². The smallest absolute Gasteiger partial charge is 0.238 e. The zero-order valence-corrected chi connectivity index (χ0v) is 9.88. The molecule has 17 heavy (non-hydrogen) atoms. The van der Waals surface area contributed by atoms with Gasteiger partial charge in [0.1, 0.15) is 0 Å². The van der Waals surface area contributed by atoms with E-state index in [0.717, 1.165) is 11.4 Å². The maximum Gasteiger partial charge on any atom is 0.238 e. The van der Waals surface area contributed by atoms with Crippen molar-refractivity contribution in [3.63, 3.8) is 0 Å². The summed E-state index contributed by atoms with van der Waals surface area (Å²) in [6.45, 7) is 2.07. The minimum atomic E-state index is 0.536. The van der Waals surface area contributed by atoms with Gasteiger partial charge in [-0.15, -0.1) is 10.2 Å². The molecule has 0 unspecified atom stereocenters. The predicted molar refractivity (Wildman–Crippen MR) is 68.9 cm³/mol. The second-order valence-corrected chi connectivity index (χ2v) is 3.83. The lowest BCUT2D eigenvalue weighted by atomic mass is 10.1. The molecule has 0 fully saturated rings. The van der Waals surface area contributed by atoms with E-state index in [9.17, 15) is 0 Å². The van der Waals surface area contributed by atoms with Crippen LogP contribution < -0.4 is 11.3 Å². The maximum atomic E-state index is 5.29. The third-order valence-corrected chi connectivity index (χ3v) is 2.50. The average Bonchev–Trinajstić information content (AvgIpc) is 2.67. The van der Waals surface area contributed by atoms with Gasteiger partial charge in [0.2, 0.25) is 5.95 Å².